The number of phosphoric acid groups is 2. The first kappa shape index (κ1) is 16.2. The average Bonchev–Trinajstić information content (AvgIpc) is 2.39. The lowest BCUT2D eigenvalue weighted by molar-refractivity contribution is -0.0165. The van der Waals surface area contributed by atoms with Crippen LogP contribution in [0.4, 0.5) is 0 Å². The van der Waals surface area contributed by atoms with Crippen LogP contribution in [0.15, 0.2) is 0 Å². The standard InChI is InChI=1S/C6H14O10P2/c1-3-5(7)6(16-18(11,12)13)4(15-3)2-14-17(8,9)10/h3-7H,2H2,1H3,(H2,8,9,10)(H2,11,12,13). The Balaban J connectivity index is 2.70. The summed E-state index contributed by atoms with van der Waals surface area (Å²) in [5.74, 6) is 0. The second kappa shape index (κ2) is 5.64. The van der Waals surface area contributed by atoms with Crippen molar-refractivity contribution in [1.82, 2.24) is 0 Å². The van der Waals surface area contributed by atoms with E-state index in [1.165, 1.54) is 6.92 Å². The quantitative estimate of drug-likeness (QED) is 0.386. The lowest BCUT2D eigenvalue weighted by Gasteiger charge is -2.20. The van der Waals surface area contributed by atoms with Crippen molar-refractivity contribution >= 4 is 15.6 Å². The van der Waals surface area contributed by atoms with Gasteiger partial charge < -0.3 is 29.4 Å². The Morgan fingerprint density at radius 1 is 1.17 bits per heavy atom. The van der Waals surface area contributed by atoms with Crippen LogP contribution in [0.1, 0.15) is 6.92 Å². The molecule has 10 nitrogen and oxygen atoms in total. The molecule has 0 aliphatic carbocycles. The summed E-state index contributed by atoms with van der Waals surface area (Å²) in [4.78, 5) is 34.3. The van der Waals surface area contributed by atoms with Crippen LogP contribution in [-0.4, -0.2) is 55.7 Å². The van der Waals surface area contributed by atoms with E-state index in [1.807, 2.05) is 0 Å². The van der Waals surface area contributed by atoms with Gasteiger partial charge in [0.2, 0.25) is 0 Å². The van der Waals surface area contributed by atoms with E-state index < -0.39 is 46.7 Å². The Hall–Kier alpha value is 0.140. The molecule has 108 valence electrons. The van der Waals surface area contributed by atoms with Gasteiger partial charge in [-0.3, -0.25) is 9.05 Å². The Morgan fingerprint density at radius 3 is 2.17 bits per heavy atom. The van der Waals surface area contributed by atoms with Crippen molar-refractivity contribution in [2.75, 3.05) is 6.61 Å². The minimum absolute atomic E-state index is 0.670. The van der Waals surface area contributed by atoms with Crippen LogP contribution in [0, 0.1) is 0 Å². The van der Waals surface area contributed by atoms with Crippen molar-refractivity contribution in [1.29, 1.82) is 0 Å². The Bertz CT molecular complexity index is 373. The molecular formula is C6H14O10P2. The first-order valence-electron chi connectivity index (χ1n) is 4.77. The first-order chi connectivity index (χ1) is 7.99. The molecule has 1 heterocycles. The zero-order valence-electron chi connectivity index (χ0n) is 9.19. The van der Waals surface area contributed by atoms with Crippen LogP contribution >= 0.6 is 15.6 Å². The summed E-state index contributed by atoms with van der Waals surface area (Å²) >= 11 is 0. The lowest BCUT2D eigenvalue weighted by atomic mass is 10.1. The molecular weight excluding hydrogens is 294 g/mol. The van der Waals surface area contributed by atoms with Crippen molar-refractivity contribution in [3.05, 3.63) is 0 Å². The molecule has 0 aromatic heterocycles. The Morgan fingerprint density at radius 2 is 1.72 bits per heavy atom. The molecule has 0 aromatic rings. The van der Waals surface area contributed by atoms with E-state index in [-0.39, 0.29) is 0 Å². The maximum atomic E-state index is 10.7. The molecule has 1 saturated heterocycles. The highest BCUT2D eigenvalue weighted by Crippen LogP contribution is 2.43. The maximum absolute atomic E-state index is 10.7. The number of aliphatic hydroxyl groups is 1. The van der Waals surface area contributed by atoms with E-state index in [2.05, 4.69) is 9.05 Å². The van der Waals surface area contributed by atoms with Gasteiger partial charge in [0.25, 0.3) is 0 Å². The summed E-state index contributed by atoms with van der Waals surface area (Å²) in [5, 5.41) is 9.58. The molecule has 1 aliphatic heterocycles. The number of rotatable bonds is 5. The smallest absolute Gasteiger partial charge is 0.388 e. The van der Waals surface area contributed by atoms with Gasteiger partial charge in [-0.25, -0.2) is 9.13 Å². The van der Waals surface area contributed by atoms with Gasteiger partial charge in [0.1, 0.15) is 18.3 Å². The zero-order valence-corrected chi connectivity index (χ0v) is 11.0. The molecule has 0 saturated carbocycles. The first-order valence-corrected chi connectivity index (χ1v) is 7.83. The highest BCUT2D eigenvalue weighted by molar-refractivity contribution is 7.46. The van der Waals surface area contributed by atoms with E-state index in [1.54, 1.807) is 0 Å². The largest absolute Gasteiger partial charge is 0.470 e. The summed E-state index contributed by atoms with van der Waals surface area (Å²) in [6.07, 6.45) is -4.79. The SMILES string of the molecule is CC1OC(COP(=O)(O)O)C(OP(=O)(O)O)C1O. The Labute approximate surface area is 102 Å². The van der Waals surface area contributed by atoms with Crippen LogP contribution in [0.3, 0.4) is 0 Å². The minimum Gasteiger partial charge on any atom is -0.388 e. The summed E-state index contributed by atoms with van der Waals surface area (Å²) in [6, 6.07) is 0. The van der Waals surface area contributed by atoms with Crippen molar-refractivity contribution in [2.24, 2.45) is 0 Å². The summed E-state index contributed by atoms with van der Waals surface area (Å²) in [5.41, 5.74) is 0. The highest BCUT2D eigenvalue weighted by Gasteiger charge is 2.46. The van der Waals surface area contributed by atoms with E-state index in [0.29, 0.717) is 0 Å². The molecule has 0 radical (unpaired) electrons. The van der Waals surface area contributed by atoms with Gasteiger partial charge >= 0.3 is 15.6 Å². The third kappa shape index (κ3) is 5.02. The molecule has 4 unspecified atom stereocenters. The minimum atomic E-state index is -4.87. The van der Waals surface area contributed by atoms with Crippen molar-refractivity contribution in [3.63, 3.8) is 0 Å². The fourth-order valence-corrected chi connectivity index (χ4v) is 2.43. The summed E-state index contributed by atoms with van der Waals surface area (Å²) < 4.78 is 34.7. The molecule has 0 bridgehead atoms. The van der Waals surface area contributed by atoms with Gasteiger partial charge in [0.15, 0.2) is 0 Å². The molecule has 0 aromatic carbocycles. The molecule has 5 N–H and O–H groups in total. The number of ether oxygens (including phenoxy) is 1. The average molecular weight is 308 g/mol. The van der Waals surface area contributed by atoms with E-state index in [0.717, 1.165) is 0 Å². The number of phosphoric ester groups is 2. The lowest BCUT2D eigenvalue weighted by Crippen LogP contribution is -2.35. The third-order valence-corrected chi connectivity index (χ3v) is 3.24. The molecule has 1 fully saturated rings. The second-order valence-corrected chi connectivity index (χ2v) is 6.15. The van der Waals surface area contributed by atoms with Crippen LogP contribution < -0.4 is 0 Å². The molecule has 1 rings (SSSR count). The molecule has 0 amide bonds. The van der Waals surface area contributed by atoms with Crippen molar-refractivity contribution in [3.8, 4) is 0 Å². The monoisotopic (exact) mass is 308 g/mol. The summed E-state index contributed by atoms with van der Waals surface area (Å²) in [7, 11) is -9.62. The van der Waals surface area contributed by atoms with Gasteiger partial charge in [-0.05, 0) is 6.92 Å². The molecule has 18 heavy (non-hydrogen) atoms. The zero-order chi connectivity index (χ0) is 14.1. The topological polar surface area (TPSA) is 163 Å². The number of hydrogen-bond donors (Lipinski definition) is 5. The number of aliphatic hydroxyl groups excluding tert-OH is 1. The van der Waals surface area contributed by atoms with E-state index in [9.17, 15) is 14.2 Å². The second-order valence-electron chi connectivity index (χ2n) is 3.72. The number of hydrogen-bond acceptors (Lipinski definition) is 6. The van der Waals surface area contributed by atoms with Crippen molar-refractivity contribution in [2.45, 2.75) is 31.3 Å². The maximum Gasteiger partial charge on any atom is 0.470 e. The fourth-order valence-electron chi connectivity index (χ4n) is 1.51. The molecule has 1 aliphatic rings. The van der Waals surface area contributed by atoms with Crippen LogP contribution in [0.2, 0.25) is 0 Å². The molecule has 4 atom stereocenters. The van der Waals surface area contributed by atoms with Gasteiger partial charge in [0, 0.05) is 0 Å². The molecule has 0 spiro atoms. The fraction of sp³-hybridized carbons (Fsp3) is 1.00. The van der Waals surface area contributed by atoms with E-state index >= 15 is 0 Å². The van der Waals surface area contributed by atoms with Gasteiger partial charge in [-0.15, -0.1) is 0 Å². The van der Waals surface area contributed by atoms with Crippen LogP contribution in [-0.2, 0) is 22.9 Å². The Kier molecular flexibility index (Phi) is 5.07. The molecule has 12 heteroatoms. The van der Waals surface area contributed by atoms with Gasteiger partial charge in [0.05, 0.1) is 12.7 Å². The van der Waals surface area contributed by atoms with Crippen LogP contribution in [0.25, 0.3) is 0 Å². The normalized spacial score (nSPS) is 33.9. The highest BCUT2D eigenvalue weighted by atomic mass is 31.2. The predicted molar refractivity (Wildman–Crippen MR) is 55.3 cm³/mol. The van der Waals surface area contributed by atoms with Crippen LogP contribution in [0.5, 0.6) is 0 Å². The van der Waals surface area contributed by atoms with Gasteiger partial charge in [-0.1, -0.05) is 0 Å². The van der Waals surface area contributed by atoms with Gasteiger partial charge in [-0.2, -0.15) is 0 Å². The van der Waals surface area contributed by atoms with Crippen molar-refractivity contribution < 1.29 is 47.6 Å². The summed E-state index contributed by atoms with van der Waals surface area (Å²) in [6.45, 7) is 0.745. The predicted octanol–water partition coefficient (Wildman–Crippen LogP) is -1.28. The third-order valence-electron chi connectivity index (χ3n) is 2.24. The van der Waals surface area contributed by atoms with E-state index in [4.69, 9.17) is 24.3 Å².